The first-order valence-electron chi connectivity index (χ1n) is 11.5. The molecule has 3 fully saturated rings. The molecule has 2 aromatic rings. The van der Waals surface area contributed by atoms with Crippen LogP contribution in [0, 0.1) is 23.6 Å². The lowest BCUT2D eigenvalue weighted by atomic mass is 9.80. The van der Waals surface area contributed by atoms with Gasteiger partial charge in [0, 0.05) is 37.4 Å². The van der Waals surface area contributed by atoms with Crippen LogP contribution in [0.3, 0.4) is 0 Å². The topological polar surface area (TPSA) is 48.4 Å². The maximum Gasteiger partial charge on any atom is 0.128 e. The van der Waals surface area contributed by atoms with E-state index in [0.717, 1.165) is 48.2 Å². The van der Waals surface area contributed by atoms with Crippen LogP contribution < -0.4 is 10.2 Å². The molecule has 0 spiro atoms. The van der Waals surface area contributed by atoms with Gasteiger partial charge in [-0.2, -0.15) is 0 Å². The maximum absolute atomic E-state index is 14.7. The van der Waals surface area contributed by atoms with E-state index >= 15 is 0 Å². The summed E-state index contributed by atoms with van der Waals surface area (Å²) >= 11 is 0. The minimum atomic E-state index is -0.273. The molecule has 5 atom stereocenters. The van der Waals surface area contributed by atoms with E-state index in [1.54, 1.807) is 12.1 Å². The summed E-state index contributed by atoms with van der Waals surface area (Å²) in [6.45, 7) is 2.27. The minimum absolute atomic E-state index is 0.0509. The molecule has 160 valence electrons. The SMILES string of the molecule is O[C@@H]1CCCN(c2cc(CN[C@H](c3ccccc3F)[C@@H]3C[C@H]4CC[C@H]3C4)ccn2)C1. The lowest BCUT2D eigenvalue weighted by molar-refractivity contribution is 0.154. The van der Waals surface area contributed by atoms with Crippen molar-refractivity contribution in [2.45, 2.75) is 57.2 Å². The van der Waals surface area contributed by atoms with Gasteiger partial charge < -0.3 is 15.3 Å². The molecule has 5 rings (SSSR count). The zero-order valence-corrected chi connectivity index (χ0v) is 17.5. The van der Waals surface area contributed by atoms with Gasteiger partial charge in [-0.1, -0.05) is 24.6 Å². The number of halogens is 1. The Morgan fingerprint density at radius 3 is 2.83 bits per heavy atom. The number of rotatable bonds is 6. The molecule has 2 N–H and O–H groups in total. The highest BCUT2D eigenvalue weighted by molar-refractivity contribution is 5.41. The van der Waals surface area contributed by atoms with Crippen LogP contribution in [0.1, 0.15) is 55.7 Å². The van der Waals surface area contributed by atoms with Crippen molar-refractivity contribution in [3.63, 3.8) is 0 Å². The smallest absolute Gasteiger partial charge is 0.128 e. The summed E-state index contributed by atoms with van der Waals surface area (Å²) in [5.74, 6) is 2.88. The van der Waals surface area contributed by atoms with Gasteiger partial charge in [-0.05, 0) is 73.6 Å². The molecule has 2 saturated carbocycles. The van der Waals surface area contributed by atoms with E-state index in [9.17, 15) is 9.50 Å². The van der Waals surface area contributed by atoms with E-state index in [1.807, 2.05) is 24.4 Å². The van der Waals surface area contributed by atoms with Gasteiger partial charge in [0.05, 0.1) is 6.10 Å². The van der Waals surface area contributed by atoms with Crippen LogP contribution in [-0.2, 0) is 6.54 Å². The summed E-state index contributed by atoms with van der Waals surface area (Å²) in [6.07, 6.45) is 8.60. The van der Waals surface area contributed by atoms with E-state index < -0.39 is 0 Å². The monoisotopic (exact) mass is 409 g/mol. The molecular weight excluding hydrogens is 377 g/mol. The van der Waals surface area contributed by atoms with Gasteiger partial charge in [0.25, 0.3) is 0 Å². The highest BCUT2D eigenvalue weighted by atomic mass is 19.1. The first-order chi connectivity index (χ1) is 14.7. The molecule has 3 aliphatic rings. The van der Waals surface area contributed by atoms with Crippen molar-refractivity contribution in [1.29, 1.82) is 0 Å². The molecule has 0 amide bonds. The molecule has 30 heavy (non-hydrogen) atoms. The molecule has 1 aromatic carbocycles. The fourth-order valence-corrected chi connectivity index (χ4v) is 6.06. The second kappa shape index (κ2) is 8.64. The van der Waals surface area contributed by atoms with Crippen LogP contribution in [0.25, 0.3) is 0 Å². The average Bonchev–Trinajstić information content (AvgIpc) is 3.39. The van der Waals surface area contributed by atoms with E-state index in [-0.39, 0.29) is 18.0 Å². The molecule has 0 radical (unpaired) electrons. The predicted molar refractivity (Wildman–Crippen MR) is 117 cm³/mol. The van der Waals surface area contributed by atoms with Gasteiger partial charge >= 0.3 is 0 Å². The summed E-state index contributed by atoms with van der Waals surface area (Å²) < 4.78 is 14.7. The summed E-state index contributed by atoms with van der Waals surface area (Å²) in [4.78, 5) is 6.70. The molecule has 2 heterocycles. The van der Waals surface area contributed by atoms with Crippen molar-refractivity contribution < 1.29 is 9.50 Å². The Labute approximate surface area is 178 Å². The third-order valence-corrected chi connectivity index (χ3v) is 7.52. The standard InChI is InChI=1S/C25H32FN3O/c26-23-6-2-1-5-21(23)25(22-13-17-7-8-19(22)12-17)28-15-18-9-10-27-24(14-18)29-11-3-4-20(30)16-29/h1-2,5-6,9-10,14,17,19-20,22,25,28,30H,3-4,7-8,11-13,15-16H2/t17-,19-,20+,22+,25+/m0/s1. The molecular formula is C25H32FN3O. The third kappa shape index (κ3) is 4.10. The van der Waals surface area contributed by atoms with Gasteiger partial charge in [0.15, 0.2) is 0 Å². The molecule has 2 aliphatic carbocycles. The zero-order valence-electron chi connectivity index (χ0n) is 17.5. The Hall–Kier alpha value is -1.98. The van der Waals surface area contributed by atoms with Gasteiger partial charge in [0.1, 0.15) is 11.6 Å². The van der Waals surface area contributed by atoms with Crippen LogP contribution in [-0.4, -0.2) is 29.3 Å². The molecule has 4 nitrogen and oxygen atoms in total. The number of β-amino-alcohol motifs (C(OH)–C–C–N with tert-alkyl or cyclic N) is 1. The molecule has 2 bridgehead atoms. The number of benzene rings is 1. The lowest BCUT2D eigenvalue weighted by Crippen LogP contribution is -2.38. The fourth-order valence-electron chi connectivity index (χ4n) is 6.06. The molecule has 0 unspecified atom stereocenters. The maximum atomic E-state index is 14.7. The highest BCUT2D eigenvalue weighted by Crippen LogP contribution is 2.52. The molecule has 1 aliphatic heterocycles. The van der Waals surface area contributed by atoms with Gasteiger partial charge in [0.2, 0.25) is 0 Å². The predicted octanol–water partition coefficient (Wildman–Crippen LogP) is 4.45. The van der Waals surface area contributed by atoms with Crippen molar-refractivity contribution >= 4 is 5.82 Å². The van der Waals surface area contributed by atoms with Crippen molar-refractivity contribution in [3.05, 3.63) is 59.5 Å². The number of anilines is 1. The lowest BCUT2D eigenvalue weighted by Gasteiger charge is -2.33. The summed E-state index contributed by atoms with van der Waals surface area (Å²) in [6, 6.07) is 11.5. The van der Waals surface area contributed by atoms with E-state index in [1.165, 1.54) is 25.7 Å². The van der Waals surface area contributed by atoms with Crippen molar-refractivity contribution in [1.82, 2.24) is 10.3 Å². The van der Waals surface area contributed by atoms with E-state index in [2.05, 4.69) is 21.3 Å². The molecule has 5 heteroatoms. The Morgan fingerprint density at radius 2 is 2.07 bits per heavy atom. The van der Waals surface area contributed by atoms with Crippen LogP contribution >= 0.6 is 0 Å². The Kier molecular flexibility index (Phi) is 5.74. The number of nitrogens with one attached hydrogen (secondary N) is 1. The zero-order chi connectivity index (χ0) is 20.5. The Morgan fingerprint density at radius 1 is 1.17 bits per heavy atom. The van der Waals surface area contributed by atoms with Crippen LogP contribution in [0.15, 0.2) is 42.6 Å². The van der Waals surface area contributed by atoms with Gasteiger partial charge in [-0.15, -0.1) is 0 Å². The first-order valence-corrected chi connectivity index (χ1v) is 11.5. The van der Waals surface area contributed by atoms with E-state index in [0.29, 0.717) is 19.0 Å². The number of hydrogen-bond acceptors (Lipinski definition) is 4. The van der Waals surface area contributed by atoms with Gasteiger partial charge in [-0.3, -0.25) is 0 Å². The van der Waals surface area contributed by atoms with Crippen molar-refractivity contribution in [2.24, 2.45) is 17.8 Å². The van der Waals surface area contributed by atoms with Crippen molar-refractivity contribution in [2.75, 3.05) is 18.0 Å². The highest BCUT2D eigenvalue weighted by Gasteiger charge is 2.43. The largest absolute Gasteiger partial charge is 0.391 e. The first kappa shape index (κ1) is 20.0. The number of aromatic nitrogens is 1. The van der Waals surface area contributed by atoms with Gasteiger partial charge in [-0.25, -0.2) is 9.37 Å². The number of aliphatic hydroxyl groups excluding tert-OH is 1. The third-order valence-electron chi connectivity index (χ3n) is 7.52. The second-order valence-corrected chi connectivity index (χ2v) is 9.48. The summed E-state index contributed by atoms with van der Waals surface area (Å²) in [5, 5.41) is 13.7. The fraction of sp³-hybridized carbons (Fsp3) is 0.560. The van der Waals surface area contributed by atoms with Crippen molar-refractivity contribution in [3.8, 4) is 0 Å². The Bertz CT molecular complexity index is 875. The second-order valence-electron chi connectivity index (χ2n) is 9.48. The van der Waals surface area contributed by atoms with Crippen LogP contribution in [0.2, 0.25) is 0 Å². The normalized spacial score (nSPS) is 29.3. The quantitative estimate of drug-likeness (QED) is 0.740. The van der Waals surface area contributed by atoms with E-state index in [4.69, 9.17) is 0 Å². The van der Waals surface area contributed by atoms with Crippen LogP contribution in [0.5, 0.6) is 0 Å². The number of pyridine rings is 1. The number of fused-ring (bicyclic) bond motifs is 2. The Balaban J connectivity index is 1.33. The summed E-state index contributed by atoms with van der Waals surface area (Å²) in [5.41, 5.74) is 1.97. The number of nitrogens with zero attached hydrogens (tertiary/aromatic N) is 2. The van der Waals surface area contributed by atoms with Crippen LogP contribution in [0.4, 0.5) is 10.2 Å². The number of hydrogen-bond donors (Lipinski definition) is 2. The average molecular weight is 410 g/mol. The molecule has 1 aromatic heterocycles. The minimum Gasteiger partial charge on any atom is -0.391 e. The molecule has 1 saturated heterocycles. The number of aliphatic hydroxyl groups is 1. The summed E-state index contributed by atoms with van der Waals surface area (Å²) in [7, 11) is 0. The number of piperidine rings is 1.